The van der Waals surface area contributed by atoms with Crippen LogP contribution in [0.15, 0.2) is 42.2 Å². The van der Waals surface area contributed by atoms with Gasteiger partial charge in [0.05, 0.1) is 12.1 Å². The standard InChI is InChI=1S/C15H20N7O/c1-11(2)19-5-7-21(9-19)13-16-14(18-15(23)17-13)22-8-6-20(10-22)12(3)4/h5-12H,1-4H3/q+1/p+1. The second-order valence-corrected chi connectivity index (χ2v) is 6.00. The van der Waals surface area contributed by atoms with Gasteiger partial charge in [0, 0.05) is 0 Å². The van der Waals surface area contributed by atoms with E-state index in [0.717, 1.165) is 0 Å². The summed E-state index contributed by atoms with van der Waals surface area (Å²) in [5, 5.41) is 0. The highest BCUT2D eigenvalue weighted by Gasteiger charge is 2.17. The lowest BCUT2D eigenvalue weighted by Crippen LogP contribution is -2.33. The molecule has 23 heavy (non-hydrogen) atoms. The van der Waals surface area contributed by atoms with Gasteiger partial charge in [0.2, 0.25) is 0 Å². The van der Waals surface area contributed by atoms with Crippen LogP contribution in [0.4, 0.5) is 0 Å². The summed E-state index contributed by atoms with van der Waals surface area (Å²) in [5.41, 5.74) is -0.431. The molecule has 3 heterocycles. The Morgan fingerprint density at radius 1 is 0.957 bits per heavy atom. The number of rotatable bonds is 4. The Kier molecular flexibility index (Phi) is 3.81. The van der Waals surface area contributed by atoms with E-state index in [0.29, 0.717) is 24.0 Å². The van der Waals surface area contributed by atoms with Gasteiger partial charge >= 0.3 is 17.6 Å². The monoisotopic (exact) mass is 315 g/mol. The maximum Gasteiger partial charge on any atom is 0.354 e. The van der Waals surface area contributed by atoms with Crippen molar-refractivity contribution in [3.8, 4) is 11.9 Å². The van der Waals surface area contributed by atoms with Crippen molar-refractivity contribution in [3.05, 3.63) is 47.9 Å². The van der Waals surface area contributed by atoms with Crippen LogP contribution in [0.5, 0.6) is 0 Å². The Labute approximate surface area is 133 Å². The smallest absolute Gasteiger partial charge is 0.255 e. The van der Waals surface area contributed by atoms with Crippen molar-refractivity contribution in [1.82, 2.24) is 24.1 Å². The van der Waals surface area contributed by atoms with E-state index < -0.39 is 5.69 Å². The molecule has 3 rings (SSSR count). The fourth-order valence-corrected chi connectivity index (χ4v) is 2.19. The molecule has 8 heteroatoms. The van der Waals surface area contributed by atoms with Crippen LogP contribution in [0, 0.1) is 0 Å². The van der Waals surface area contributed by atoms with E-state index in [1.54, 1.807) is 9.13 Å². The van der Waals surface area contributed by atoms with Crippen molar-refractivity contribution >= 4 is 0 Å². The summed E-state index contributed by atoms with van der Waals surface area (Å²) in [6, 6.07) is 0.658. The third kappa shape index (κ3) is 3.05. The largest absolute Gasteiger partial charge is 0.354 e. The minimum absolute atomic E-state index is 0.326. The zero-order valence-corrected chi connectivity index (χ0v) is 13.7. The van der Waals surface area contributed by atoms with E-state index >= 15 is 0 Å². The Hall–Kier alpha value is -2.77. The molecule has 0 aliphatic heterocycles. The molecule has 3 aromatic rings. The van der Waals surface area contributed by atoms with E-state index in [1.807, 2.05) is 46.6 Å². The highest BCUT2D eigenvalue weighted by molar-refractivity contribution is 5.16. The van der Waals surface area contributed by atoms with Crippen molar-refractivity contribution in [3.63, 3.8) is 0 Å². The molecule has 0 amide bonds. The SMILES string of the molecule is CC(C)[n+]1ccn(-c2nc(-n3cc[n+](C(C)C)c3)[nH]c(=O)n2)c1. The molecule has 1 N–H and O–H groups in total. The maximum absolute atomic E-state index is 11.9. The minimum Gasteiger partial charge on any atom is -0.255 e. The van der Waals surface area contributed by atoms with Crippen LogP contribution in [0.3, 0.4) is 0 Å². The molecule has 0 atom stereocenters. The van der Waals surface area contributed by atoms with E-state index in [9.17, 15) is 4.79 Å². The number of aromatic amines is 1. The lowest BCUT2D eigenvalue weighted by atomic mass is 10.4. The van der Waals surface area contributed by atoms with Crippen LogP contribution < -0.4 is 14.8 Å². The number of aromatic nitrogens is 7. The zero-order valence-electron chi connectivity index (χ0n) is 13.7. The highest BCUT2D eigenvalue weighted by atomic mass is 16.1. The maximum atomic E-state index is 11.9. The van der Waals surface area contributed by atoms with Crippen molar-refractivity contribution in [2.45, 2.75) is 39.8 Å². The average Bonchev–Trinajstić information content (AvgIpc) is 3.16. The van der Waals surface area contributed by atoms with Crippen LogP contribution in [-0.4, -0.2) is 24.1 Å². The quantitative estimate of drug-likeness (QED) is 0.712. The van der Waals surface area contributed by atoms with E-state index in [4.69, 9.17) is 0 Å². The van der Waals surface area contributed by atoms with Crippen molar-refractivity contribution in [2.24, 2.45) is 0 Å². The molecule has 3 aromatic heterocycles. The highest BCUT2D eigenvalue weighted by Crippen LogP contribution is 2.03. The third-order valence-electron chi connectivity index (χ3n) is 3.61. The zero-order chi connectivity index (χ0) is 16.6. The van der Waals surface area contributed by atoms with Crippen molar-refractivity contribution in [2.75, 3.05) is 0 Å². The van der Waals surface area contributed by atoms with E-state index in [1.165, 1.54) is 0 Å². The topological polar surface area (TPSA) is 76.3 Å². The summed E-state index contributed by atoms with van der Waals surface area (Å²) in [6.45, 7) is 8.34. The Balaban J connectivity index is 2.02. The molecule has 0 radical (unpaired) electrons. The van der Waals surface area contributed by atoms with Crippen LogP contribution in [0.2, 0.25) is 0 Å². The van der Waals surface area contributed by atoms with Crippen molar-refractivity contribution in [1.29, 1.82) is 0 Å². The Morgan fingerprint density at radius 3 is 2.09 bits per heavy atom. The van der Waals surface area contributed by atoms with Gasteiger partial charge in [-0.1, -0.05) is 0 Å². The average molecular weight is 315 g/mol. The fraction of sp³-hybridized carbons (Fsp3) is 0.400. The van der Waals surface area contributed by atoms with Crippen LogP contribution in [0.1, 0.15) is 39.8 Å². The predicted octanol–water partition coefficient (Wildman–Crippen LogP) is 0.483. The third-order valence-corrected chi connectivity index (χ3v) is 3.61. The van der Waals surface area contributed by atoms with Gasteiger partial charge in [-0.2, -0.15) is 9.13 Å². The molecule has 120 valence electrons. The molecule has 0 aliphatic carbocycles. The van der Waals surface area contributed by atoms with Crippen molar-refractivity contribution < 1.29 is 9.13 Å². The lowest BCUT2D eigenvalue weighted by molar-refractivity contribution is -0.715. The number of nitrogens with one attached hydrogen (secondary N) is 1. The first-order valence-electron chi connectivity index (χ1n) is 7.60. The molecule has 0 aliphatic rings. The molecule has 0 bridgehead atoms. The molecule has 0 aromatic carbocycles. The van der Waals surface area contributed by atoms with Gasteiger partial charge < -0.3 is 0 Å². The Morgan fingerprint density at radius 2 is 1.52 bits per heavy atom. The van der Waals surface area contributed by atoms with E-state index in [2.05, 4.69) is 42.6 Å². The second-order valence-electron chi connectivity index (χ2n) is 6.00. The van der Waals surface area contributed by atoms with Gasteiger partial charge in [-0.25, -0.2) is 13.9 Å². The molecule has 0 fully saturated rings. The first-order chi connectivity index (χ1) is 10.9. The molecule has 8 nitrogen and oxygen atoms in total. The molecule has 0 spiro atoms. The summed E-state index contributed by atoms with van der Waals surface area (Å²) in [6.07, 6.45) is 11.3. The van der Waals surface area contributed by atoms with Gasteiger partial charge in [0.25, 0.3) is 12.7 Å². The molecular formula is C15H21N7O+2. The first-order valence-corrected chi connectivity index (χ1v) is 7.60. The van der Waals surface area contributed by atoms with Gasteiger partial charge in [-0.3, -0.25) is 4.98 Å². The van der Waals surface area contributed by atoms with Crippen LogP contribution >= 0.6 is 0 Å². The number of imidazole rings is 2. The van der Waals surface area contributed by atoms with Crippen LogP contribution in [-0.2, 0) is 0 Å². The number of H-pyrrole nitrogens is 1. The summed E-state index contributed by atoms with van der Waals surface area (Å²) in [5.74, 6) is 0.775. The minimum atomic E-state index is -0.431. The normalized spacial score (nSPS) is 11.6. The van der Waals surface area contributed by atoms with Crippen LogP contribution in [0.25, 0.3) is 11.9 Å². The van der Waals surface area contributed by atoms with Gasteiger partial charge in [0.15, 0.2) is 0 Å². The molecule has 0 unspecified atom stereocenters. The predicted molar refractivity (Wildman–Crippen MR) is 82.5 cm³/mol. The molecular weight excluding hydrogens is 294 g/mol. The Bertz CT molecular complexity index is 804. The summed E-state index contributed by atoms with van der Waals surface area (Å²) in [4.78, 5) is 23.0. The first kappa shape index (κ1) is 15.1. The number of hydrogen-bond acceptors (Lipinski definition) is 3. The lowest BCUT2D eigenvalue weighted by Gasteiger charge is -1.99. The summed E-state index contributed by atoms with van der Waals surface area (Å²) >= 11 is 0. The second kappa shape index (κ2) is 5.79. The number of nitrogens with zero attached hydrogens (tertiary/aromatic N) is 6. The van der Waals surface area contributed by atoms with E-state index in [-0.39, 0.29) is 0 Å². The molecule has 0 saturated carbocycles. The number of hydrogen-bond donors (Lipinski definition) is 1. The van der Waals surface area contributed by atoms with Gasteiger partial charge in [-0.15, -0.1) is 9.97 Å². The van der Waals surface area contributed by atoms with Gasteiger partial charge in [-0.05, 0) is 27.7 Å². The van der Waals surface area contributed by atoms with Gasteiger partial charge in [0.1, 0.15) is 24.8 Å². The fourth-order valence-electron chi connectivity index (χ4n) is 2.19. The summed E-state index contributed by atoms with van der Waals surface area (Å²) < 4.78 is 7.56. The summed E-state index contributed by atoms with van der Waals surface area (Å²) in [7, 11) is 0. The molecule has 0 saturated heterocycles.